The Morgan fingerprint density at radius 1 is 1.21 bits per heavy atom. The summed E-state index contributed by atoms with van der Waals surface area (Å²) in [5.41, 5.74) is 2.36. The predicted octanol–water partition coefficient (Wildman–Crippen LogP) is 2.75. The second kappa shape index (κ2) is 8.56. The van der Waals surface area contributed by atoms with Crippen molar-refractivity contribution in [1.82, 2.24) is 10.6 Å². The summed E-state index contributed by atoms with van der Waals surface area (Å²) in [6, 6.07) is 12.2. The summed E-state index contributed by atoms with van der Waals surface area (Å²) in [5, 5.41) is 5.28. The average Bonchev–Trinajstić information content (AvgIpc) is 2.68. The van der Waals surface area contributed by atoms with Gasteiger partial charge in [0.05, 0.1) is 26.2 Å². The van der Waals surface area contributed by atoms with Gasteiger partial charge in [0.25, 0.3) is 5.91 Å². The number of carbonyl (C=O) groups excluding carboxylic acids is 2. The van der Waals surface area contributed by atoms with Crippen molar-refractivity contribution in [2.45, 2.75) is 26.3 Å². The number of aliphatic imine (C=N–C) groups is 1. The maximum Gasteiger partial charge on any atom is 0.257 e. The van der Waals surface area contributed by atoms with E-state index in [9.17, 15) is 9.59 Å². The molecular formula is C21H23N3O4. The molecule has 2 aromatic rings. The fourth-order valence-electron chi connectivity index (χ4n) is 2.90. The summed E-state index contributed by atoms with van der Waals surface area (Å²) in [5.74, 6) is 0.798. The molecule has 1 heterocycles. The van der Waals surface area contributed by atoms with Gasteiger partial charge in [-0.15, -0.1) is 0 Å². The molecule has 0 fully saturated rings. The van der Waals surface area contributed by atoms with E-state index in [0.717, 1.165) is 11.1 Å². The normalized spacial score (nSPS) is 16.0. The standard InChI is InChI=1S/C21H23N3O4/c1-4-28-17-10-9-15(11-18(17)27-3)16-12-19(25)23-21(22-16)24-20(26)14-7-5-13(2)6-8-14/h5-11,16H,4,12H2,1-3H3,(H2,22,23,24,25,26)/t16-/m0/s1. The van der Waals surface area contributed by atoms with Crippen LogP contribution in [-0.4, -0.2) is 31.5 Å². The number of guanidine groups is 1. The average molecular weight is 381 g/mol. The molecule has 0 unspecified atom stereocenters. The highest BCUT2D eigenvalue weighted by Crippen LogP contribution is 2.33. The van der Waals surface area contributed by atoms with E-state index in [2.05, 4.69) is 15.6 Å². The molecule has 1 aliphatic rings. The number of nitrogens with zero attached hydrogens (tertiary/aromatic N) is 1. The van der Waals surface area contributed by atoms with E-state index in [1.165, 1.54) is 0 Å². The Bertz CT molecular complexity index is 906. The molecule has 1 atom stereocenters. The van der Waals surface area contributed by atoms with Gasteiger partial charge in [-0.3, -0.25) is 20.2 Å². The number of amides is 2. The maximum atomic E-state index is 12.4. The molecule has 3 rings (SSSR count). The van der Waals surface area contributed by atoms with Crippen molar-refractivity contribution in [3.05, 3.63) is 59.2 Å². The monoisotopic (exact) mass is 381 g/mol. The van der Waals surface area contributed by atoms with Crippen LogP contribution in [-0.2, 0) is 4.79 Å². The number of rotatable bonds is 5. The van der Waals surface area contributed by atoms with Gasteiger partial charge in [0.1, 0.15) is 0 Å². The second-order valence-electron chi connectivity index (χ2n) is 6.41. The molecule has 0 saturated heterocycles. The van der Waals surface area contributed by atoms with Crippen molar-refractivity contribution in [2.75, 3.05) is 13.7 Å². The summed E-state index contributed by atoms with van der Waals surface area (Å²) in [7, 11) is 1.56. The van der Waals surface area contributed by atoms with Gasteiger partial charge >= 0.3 is 0 Å². The third kappa shape index (κ3) is 4.49. The number of hydrogen-bond donors (Lipinski definition) is 2. The highest BCUT2D eigenvalue weighted by molar-refractivity contribution is 6.10. The van der Waals surface area contributed by atoms with E-state index >= 15 is 0 Å². The fourth-order valence-corrected chi connectivity index (χ4v) is 2.90. The summed E-state index contributed by atoms with van der Waals surface area (Å²) in [6.45, 7) is 4.36. The molecule has 2 amide bonds. The Morgan fingerprint density at radius 3 is 2.64 bits per heavy atom. The van der Waals surface area contributed by atoms with Gasteiger partial charge in [0, 0.05) is 5.56 Å². The Balaban J connectivity index is 1.81. The highest BCUT2D eigenvalue weighted by atomic mass is 16.5. The number of ether oxygens (including phenoxy) is 2. The summed E-state index contributed by atoms with van der Waals surface area (Å²) in [6.07, 6.45) is 0.182. The lowest BCUT2D eigenvalue weighted by atomic mass is 10.0. The number of benzene rings is 2. The predicted molar refractivity (Wildman–Crippen MR) is 106 cm³/mol. The molecule has 0 saturated carbocycles. The lowest BCUT2D eigenvalue weighted by molar-refractivity contribution is -0.120. The van der Waals surface area contributed by atoms with Gasteiger partial charge in [-0.25, -0.2) is 4.99 Å². The lowest BCUT2D eigenvalue weighted by Crippen LogP contribution is -2.47. The molecule has 0 aliphatic carbocycles. The van der Waals surface area contributed by atoms with Crippen molar-refractivity contribution in [3.63, 3.8) is 0 Å². The highest BCUT2D eigenvalue weighted by Gasteiger charge is 2.24. The van der Waals surface area contributed by atoms with Crippen LogP contribution in [0.4, 0.5) is 0 Å². The van der Waals surface area contributed by atoms with Crippen LogP contribution in [0.1, 0.15) is 40.9 Å². The molecule has 0 spiro atoms. The van der Waals surface area contributed by atoms with E-state index in [1.54, 1.807) is 31.4 Å². The van der Waals surface area contributed by atoms with E-state index < -0.39 is 6.04 Å². The van der Waals surface area contributed by atoms with Gasteiger partial charge in [-0.1, -0.05) is 23.8 Å². The second-order valence-corrected chi connectivity index (χ2v) is 6.41. The van der Waals surface area contributed by atoms with Crippen LogP contribution < -0.4 is 20.1 Å². The van der Waals surface area contributed by atoms with Gasteiger partial charge in [-0.05, 0) is 43.7 Å². The van der Waals surface area contributed by atoms with Gasteiger partial charge in [0.2, 0.25) is 11.9 Å². The minimum absolute atomic E-state index is 0.139. The largest absolute Gasteiger partial charge is 0.493 e. The number of methoxy groups -OCH3 is 1. The van der Waals surface area contributed by atoms with Gasteiger partial charge < -0.3 is 9.47 Å². The van der Waals surface area contributed by atoms with Crippen molar-refractivity contribution in [3.8, 4) is 11.5 Å². The Labute approximate surface area is 163 Å². The van der Waals surface area contributed by atoms with Crippen molar-refractivity contribution >= 4 is 17.8 Å². The van der Waals surface area contributed by atoms with Gasteiger partial charge in [0.15, 0.2) is 11.5 Å². The zero-order chi connectivity index (χ0) is 20.1. The van der Waals surface area contributed by atoms with Crippen LogP contribution in [0.5, 0.6) is 11.5 Å². The molecule has 7 heteroatoms. The smallest absolute Gasteiger partial charge is 0.257 e. The molecule has 28 heavy (non-hydrogen) atoms. The van der Waals surface area contributed by atoms with Crippen LogP contribution >= 0.6 is 0 Å². The first-order valence-electron chi connectivity index (χ1n) is 9.06. The first kappa shape index (κ1) is 19.4. The number of nitrogens with one attached hydrogen (secondary N) is 2. The zero-order valence-corrected chi connectivity index (χ0v) is 16.1. The fraction of sp³-hybridized carbons (Fsp3) is 0.286. The first-order valence-corrected chi connectivity index (χ1v) is 9.06. The van der Waals surface area contributed by atoms with E-state index in [-0.39, 0.29) is 24.2 Å². The van der Waals surface area contributed by atoms with E-state index in [4.69, 9.17) is 9.47 Å². The van der Waals surface area contributed by atoms with Crippen LogP contribution in [0.25, 0.3) is 0 Å². The molecule has 1 aliphatic heterocycles. The Hall–Kier alpha value is -3.35. The quantitative estimate of drug-likeness (QED) is 0.833. The molecular weight excluding hydrogens is 358 g/mol. The molecule has 7 nitrogen and oxygen atoms in total. The molecule has 0 radical (unpaired) electrons. The minimum Gasteiger partial charge on any atom is -0.493 e. The maximum absolute atomic E-state index is 12.4. The Kier molecular flexibility index (Phi) is 5.93. The Morgan fingerprint density at radius 2 is 1.96 bits per heavy atom. The topological polar surface area (TPSA) is 89.0 Å². The summed E-state index contributed by atoms with van der Waals surface area (Å²) in [4.78, 5) is 29.0. The third-order valence-electron chi connectivity index (χ3n) is 4.34. The summed E-state index contributed by atoms with van der Waals surface area (Å²) >= 11 is 0. The first-order chi connectivity index (χ1) is 13.5. The lowest BCUT2D eigenvalue weighted by Gasteiger charge is -2.22. The molecule has 2 aromatic carbocycles. The van der Waals surface area contributed by atoms with Gasteiger partial charge in [-0.2, -0.15) is 0 Å². The third-order valence-corrected chi connectivity index (χ3v) is 4.34. The van der Waals surface area contributed by atoms with Crippen molar-refractivity contribution in [1.29, 1.82) is 0 Å². The van der Waals surface area contributed by atoms with Crippen LogP contribution in [0.3, 0.4) is 0 Å². The number of hydrogen-bond acceptors (Lipinski definition) is 5. The number of carbonyl (C=O) groups is 2. The molecule has 0 bridgehead atoms. The molecule has 0 aromatic heterocycles. The van der Waals surface area contributed by atoms with E-state index in [0.29, 0.717) is 23.7 Å². The number of aryl methyl sites for hydroxylation is 1. The van der Waals surface area contributed by atoms with Crippen molar-refractivity contribution < 1.29 is 19.1 Å². The SMILES string of the molecule is CCOc1ccc([C@@H]2CC(=O)NC(NC(=O)c3ccc(C)cc3)=N2)cc1OC. The van der Waals surface area contributed by atoms with Crippen molar-refractivity contribution in [2.24, 2.45) is 4.99 Å². The minimum atomic E-state index is -0.424. The molecule has 2 N–H and O–H groups in total. The molecule has 146 valence electrons. The van der Waals surface area contributed by atoms with Crippen LogP contribution in [0.2, 0.25) is 0 Å². The zero-order valence-electron chi connectivity index (χ0n) is 16.1. The van der Waals surface area contributed by atoms with Crippen LogP contribution in [0.15, 0.2) is 47.5 Å². The van der Waals surface area contributed by atoms with Crippen LogP contribution in [0, 0.1) is 6.92 Å². The summed E-state index contributed by atoms with van der Waals surface area (Å²) < 4.78 is 10.9. The van der Waals surface area contributed by atoms with E-state index in [1.807, 2.05) is 32.0 Å².